The molecule has 0 saturated heterocycles. The van der Waals surface area contributed by atoms with Crippen LogP contribution in [0.25, 0.3) is 0 Å². The van der Waals surface area contributed by atoms with Crippen molar-refractivity contribution in [3.05, 3.63) is 29.6 Å². The SMILES string of the molecule is CC(C)NC(=O)C(C)NC1CCSc2c(F)cccc21. The molecule has 1 aromatic rings. The number of hydrogen-bond acceptors (Lipinski definition) is 3. The van der Waals surface area contributed by atoms with Crippen LogP contribution in [0.15, 0.2) is 23.1 Å². The third kappa shape index (κ3) is 3.52. The molecular weight excluding hydrogens is 275 g/mol. The van der Waals surface area contributed by atoms with E-state index >= 15 is 0 Å². The summed E-state index contributed by atoms with van der Waals surface area (Å²) in [6.45, 7) is 5.72. The summed E-state index contributed by atoms with van der Waals surface area (Å²) in [5.74, 6) is 0.680. The van der Waals surface area contributed by atoms with E-state index in [1.54, 1.807) is 17.8 Å². The summed E-state index contributed by atoms with van der Waals surface area (Å²) < 4.78 is 13.8. The normalized spacial score (nSPS) is 19.6. The van der Waals surface area contributed by atoms with Gasteiger partial charge in [-0.2, -0.15) is 0 Å². The minimum atomic E-state index is -0.290. The Hall–Kier alpha value is -1.07. The lowest BCUT2D eigenvalue weighted by Crippen LogP contribution is -2.46. The fraction of sp³-hybridized carbons (Fsp3) is 0.533. The predicted octanol–water partition coefficient (Wildman–Crippen LogP) is 2.87. The monoisotopic (exact) mass is 296 g/mol. The Morgan fingerprint density at radius 3 is 2.85 bits per heavy atom. The van der Waals surface area contributed by atoms with Crippen molar-refractivity contribution in [2.45, 2.75) is 50.2 Å². The lowest BCUT2D eigenvalue weighted by molar-refractivity contribution is -0.123. The van der Waals surface area contributed by atoms with Crippen molar-refractivity contribution in [1.82, 2.24) is 10.6 Å². The molecule has 20 heavy (non-hydrogen) atoms. The van der Waals surface area contributed by atoms with Crippen LogP contribution in [0, 0.1) is 5.82 Å². The minimum absolute atomic E-state index is 0.0174. The fourth-order valence-corrected chi connectivity index (χ4v) is 3.49. The number of carbonyl (C=O) groups is 1. The highest BCUT2D eigenvalue weighted by Crippen LogP contribution is 2.37. The molecule has 110 valence electrons. The summed E-state index contributed by atoms with van der Waals surface area (Å²) in [5, 5.41) is 6.20. The maximum Gasteiger partial charge on any atom is 0.237 e. The first-order valence-corrected chi connectivity index (χ1v) is 7.95. The molecule has 5 heteroatoms. The van der Waals surface area contributed by atoms with Crippen LogP contribution >= 0.6 is 11.8 Å². The fourth-order valence-electron chi connectivity index (χ4n) is 2.35. The molecule has 0 aliphatic carbocycles. The number of hydrogen-bond donors (Lipinski definition) is 2. The molecule has 0 aromatic heterocycles. The third-order valence-electron chi connectivity index (χ3n) is 3.30. The predicted molar refractivity (Wildman–Crippen MR) is 80.4 cm³/mol. The van der Waals surface area contributed by atoms with Gasteiger partial charge in [-0.25, -0.2) is 4.39 Å². The first-order chi connectivity index (χ1) is 9.49. The highest BCUT2D eigenvalue weighted by atomic mass is 32.2. The van der Waals surface area contributed by atoms with Gasteiger partial charge in [0.1, 0.15) is 5.82 Å². The van der Waals surface area contributed by atoms with Gasteiger partial charge in [-0.15, -0.1) is 11.8 Å². The first kappa shape index (κ1) is 15.3. The number of carbonyl (C=O) groups excluding carboxylic acids is 1. The van der Waals surface area contributed by atoms with E-state index in [1.807, 2.05) is 26.8 Å². The molecule has 2 unspecified atom stereocenters. The summed E-state index contributed by atoms with van der Waals surface area (Å²) in [7, 11) is 0. The molecule has 2 rings (SSSR count). The van der Waals surface area contributed by atoms with Gasteiger partial charge < -0.3 is 5.32 Å². The molecule has 1 aromatic carbocycles. The Morgan fingerprint density at radius 2 is 2.15 bits per heavy atom. The lowest BCUT2D eigenvalue weighted by Gasteiger charge is -2.29. The molecule has 2 atom stereocenters. The zero-order valence-electron chi connectivity index (χ0n) is 12.1. The summed E-state index contributed by atoms with van der Waals surface area (Å²) in [5.41, 5.74) is 0.963. The number of nitrogens with one attached hydrogen (secondary N) is 2. The zero-order valence-corrected chi connectivity index (χ0v) is 12.9. The molecule has 0 fully saturated rings. The minimum Gasteiger partial charge on any atom is -0.353 e. The van der Waals surface area contributed by atoms with Gasteiger partial charge in [0.25, 0.3) is 0 Å². The number of rotatable bonds is 4. The van der Waals surface area contributed by atoms with Gasteiger partial charge in [-0.1, -0.05) is 12.1 Å². The second-order valence-electron chi connectivity index (χ2n) is 5.40. The number of fused-ring (bicyclic) bond motifs is 1. The number of thioether (sulfide) groups is 1. The van der Waals surface area contributed by atoms with E-state index in [0.29, 0.717) is 4.90 Å². The average molecular weight is 296 g/mol. The second-order valence-corrected chi connectivity index (χ2v) is 6.50. The van der Waals surface area contributed by atoms with E-state index in [-0.39, 0.29) is 29.8 Å². The van der Waals surface area contributed by atoms with E-state index in [4.69, 9.17) is 0 Å². The van der Waals surface area contributed by atoms with Gasteiger partial charge in [0.2, 0.25) is 5.91 Å². The number of benzene rings is 1. The highest BCUT2D eigenvalue weighted by molar-refractivity contribution is 7.99. The summed E-state index contributed by atoms with van der Waals surface area (Å²) in [4.78, 5) is 12.7. The number of halogens is 1. The van der Waals surface area contributed by atoms with Gasteiger partial charge in [-0.3, -0.25) is 10.1 Å². The topological polar surface area (TPSA) is 41.1 Å². The van der Waals surface area contributed by atoms with E-state index in [0.717, 1.165) is 17.7 Å². The van der Waals surface area contributed by atoms with Gasteiger partial charge in [0.15, 0.2) is 0 Å². The molecule has 1 heterocycles. The Labute approximate surface area is 123 Å². The van der Waals surface area contributed by atoms with Crippen LogP contribution in [0.1, 0.15) is 38.8 Å². The van der Waals surface area contributed by atoms with E-state index in [2.05, 4.69) is 10.6 Å². The Morgan fingerprint density at radius 1 is 1.40 bits per heavy atom. The van der Waals surface area contributed by atoms with Crippen molar-refractivity contribution in [1.29, 1.82) is 0 Å². The van der Waals surface area contributed by atoms with Gasteiger partial charge in [-0.05, 0) is 44.6 Å². The first-order valence-electron chi connectivity index (χ1n) is 6.96. The third-order valence-corrected chi connectivity index (χ3v) is 4.46. The van der Waals surface area contributed by atoms with Gasteiger partial charge in [0, 0.05) is 17.0 Å². The highest BCUT2D eigenvalue weighted by Gasteiger charge is 2.26. The Kier molecular flexibility index (Phi) is 5.05. The smallest absolute Gasteiger partial charge is 0.237 e. The van der Waals surface area contributed by atoms with Crippen LogP contribution in [0.3, 0.4) is 0 Å². The summed E-state index contributed by atoms with van der Waals surface area (Å²) >= 11 is 1.55. The van der Waals surface area contributed by atoms with E-state index < -0.39 is 0 Å². The maximum absolute atomic E-state index is 13.8. The lowest BCUT2D eigenvalue weighted by atomic mass is 10.0. The van der Waals surface area contributed by atoms with Crippen molar-refractivity contribution in [3.8, 4) is 0 Å². The van der Waals surface area contributed by atoms with Crippen LogP contribution in [-0.4, -0.2) is 23.7 Å². The second kappa shape index (κ2) is 6.59. The van der Waals surface area contributed by atoms with Crippen LogP contribution in [0.2, 0.25) is 0 Å². The van der Waals surface area contributed by atoms with Gasteiger partial charge >= 0.3 is 0 Å². The quantitative estimate of drug-likeness (QED) is 0.897. The van der Waals surface area contributed by atoms with Crippen molar-refractivity contribution < 1.29 is 9.18 Å². The van der Waals surface area contributed by atoms with Gasteiger partial charge in [0.05, 0.1) is 6.04 Å². The van der Waals surface area contributed by atoms with Crippen LogP contribution < -0.4 is 10.6 Å². The Bertz CT molecular complexity index is 493. The molecule has 0 radical (unpaired) electrons. The van der Waals surface area contributed by atoms with Crippen LogP contribution in [0.4, 0.5) is 4.39 Å². The molecule has 0 saturated carbocycles. The molecule has 1 aliphatic rings. The van der Waals surface area contributed by atoms with Crippen LogP contribution in [0.5, 0.6) is 0 Å². The van der Waals surface area contributed by atoms with Crippen molar-refractivity contribution in [3.63, 3.8) is 0 Å². The molecule has 0 bridgehead atoms. The standard InChI is InChI=1S/C15H21FN2OS/c1-9(2)17-15(19)10(3)18-13-7-8-20-14-11(13)5-4-6-12(14)16/h4-6,9-10,13,18H,7-8H2,1-3H3,(H,17,19). The van der Waals surface area contributed by atoms with E-state index in [1.165, 1.54) is 6.07 Å². The summed E-state index contributed by atoms with van der Waals surface area (Å²) in [6, 6.07) is 5.03. The molecule has 1 amide bonds. The maximum atomic E-state index is 13.8. The van der Waals surface area contributed by atoms with E-state index in [9.17, 15) is 9.18 Å². The molecular formula is C15H21FN2OS. The molecule has 1 aliphatic heterocycles. The zero-order chi connectivity index (χ0) is 14.7. The largest absolute Gasteiger partial charge is 0.353 e. The summed E-state index contributed by atoms with van der Waals surface area (Å²) in [6.07, 6.45) is 0.903. The average Bonchev–Trinajstić information content (AvgIpc) is 2.39. The van der Waals surface area contributed by atoms with Crippen LogP contribution in [-0.2, 0) is 4.79 Å². The Balaban J connectivity index is 2.09. The van der Waals surface area contributed by atoms with Crippen molar-refractivity contribution in [2.24, 2.45) is 0 Å². The molecule has 0 spiro atoms. The molecule has 2 N–H and O–H groups in total. The molecule has 3 nitrogen and oxygen atoms in total. The van der Waals surface area contributed by atoms with Crippen molar-refractivity contribution >= 4 is 17.7 Å². The van der Waals surface area contributed by atoms with Crippen molar-refractivity contribution in [2.75, 3.05) is 5.75 Å². The number of amides is 1.